The first-order valence-electron chi connectivity index (χ1n) is 16.1. The Bertz CT molecular complexity index is 1730. The lowest BCUT2D eigenvalue weighted by atomic mass is 10.0. The van der Waals surface area contributed by atoms with Gasteiger partial charge in [0.1, 0.15) is 18.9 Å². The number of hydrogen-bond acceptors (Lipinski definition) is 7. The Morgan fingerprint density at radius 3 is 2.28 bits per heavy atom. The van der Waals surface area contributed by atoms with E-state index < -0.39 is 0 Å². The van der Waals surface area contributed by atoms with Crippen LogP contribution >= 0.6 is 0 Å². The molecule has 3 heterocycles. The Hall–Kier alpha value is -5.05. The predicted octanol–water partition coefficient (Wildman–Crippen LogP) is 7.61. The van der Waals surface area contributed by atoms with Gasteiger partial charge in [-0.25, -0.2) is 4.79 Å². The molecule has 1 aliphatic heterocycles. The first-order chi connectivity index (χ1) is 22.6. The number of likely N-dealkylation sites (tertiary alicyclic amines) is 1. The lowest BCUT2D eigenvalue weighted by molar-refractivity contribution is 0.0928. The van der Waals surface area contributed by atoms with Gasteiger partial charge in [0.25, 0.3) is 0 Å². The molecule has 238 valence electrons. The van der Waals surface area contributed by atoms with E-state index in [9.17, 15) is 4.79 Å². The number of aryl methyl sites for hydroxylation is 1. The van der Waals surface area contributed by atoms with Gasteiger partial charge >= 0.3 is 6.09 Å². The highest BCUT2D eigenvalue weighted by Gasteiger charge is 2.24. The first-order valence-corrected chi connectivity index (χ1v) is 16.1. The molecule has 0 radical (unpaired) electrons. The van der Waals surface area contributed by atoms with Crippen LogP contribution in [0.4, 0.5) is 10.5 Å². The number of pyridine rings is 1. The Kier molecular flexibility index (Phi) is 9.97. The van der Waals surface area contributed by atoms with Gasteiger partial charge in [-0.3, -0.25) is 4.68 Å². The standard InChI is InChI=1S/C37H41N5O4/c1-3-4-23-44-37(43)42-21-19-29(20-22-42)38-30-15-16-31-33(24-30)41(2)40-35(31)32-17-18-34(45-25-27-11-7-5-8-12-27)39-36(32)46-26-28-13-9-6-10-14-28/h5-18,24,29,38H,3-4,19-23,25-26H2,1-2H3. The molecule has 6 rings (SSSR count). The molecular formula is C37H41N5O4. The molecular weight excluding hydrogens is 578 g/mol. The molecule has 0 aliphatic carbocycles. The molecule has 0 unspecified atom stereocenters. The quantitative estimate of drug-likeness (QED) is 0.144. The summed E-state index contributed by atoms with van der Waals surface area (Å²) < 4.78 is 19.6. The van der Waals surface area contributed by atoms with Gasteiger partial charge in [-0.1, -0.05) is 74.0 Å². The molecule has 0 spiro atoms. The van der Waals surface area contributed by atoms with Crippen LogP contribution in [0.5, 0.6) is 11.8 Å². The van der Waals surface area contributed by atoms with Gasteiger partial charge in [0.2, 0.25) is 11.8 Å². The number of unbranched alkanes of at least 4 members (excludes halogenated alkanes) is 1. The SMILES string of the molecule is CCCCOC(=O)N1CCC(Nc2ccc3c(-c4ccc(OCc5ccccc5)nc4OCc4ccccc4)nn(C)c3c2)CC1. The van der Waals surface area contributed by atoms with Gasteiger partial charge in [-0.05, 0) is 54.7 Å². The third-order valence-electron chi connectivity index (χ3n) is 8.24. The van der Waals surface area contributed by atoms with Crippen molar-refractivity contribution in [1.29, 1.82) is 0 Å². The summed E-state index contributed by atoms with van der Waals surface area (Å²) >= 11 is 0. The molecule has 1 amide bonds. The van der Waals surface area contributed by atoms with Crippen molar-refractivity contribution in [2.24, 2.45) is 7.05 Å². The first kappa shape index (κ1) is 31.0. The molecule has 3 aromatic carbocycles. The molecule has 1 aliphatic rings. The molecule has 1 saturated heterocycles. The zero-order chi connectivity index (χ0) is 31.7. The zero-order valence-corrected chi connectivity index (χ0v) is 26.5. The highest BCUT2D eigenvalue weighted by molar-refractivity contribution is 5.96. The zero-order valence-electron chi connectivity index (χ0n) is 26.5. The Morgan fingerprint density at radius 2 is 1.59 bits per heavy atom. The summed E-state index contributed by atoms with van der Waals surface area (Å²) in [5, 5.41) is 9.59. The minimum absolute atomic E-state index is 0.201. The van der Waals surface area contributed by atoms with Crippen molar-refractivity contribution in [2.75, 3.05) is 25.0 Å². The van der Waals surface area contributed by atoms with Crippen LogP contribution in [0.2, 0.25) is 0 Å². The van der Waals surface area contributed by atoms with Crippen LogP contribution < -0.4 is 14.8 Å². The number of benzene rings is 3. The summed E-state index contributed by atoms with van der Waals surface area (Å²) in [5.41, 5.74) is 5.73. The number of piperidine rings is 1. The van der Waals surface area contributed by atoms with E-state index in [1.165, 1.54) is 0 Å². The van der Waals surface area contributed by atoms with E-state index >= 15 is 0 Å². The summed E-state index contributed by atoms with van der Waals surface area (Å²) in [4.78, 5) is 18.9. The fourth-order valence-electron chi connectivity index (χ4n) is 5.63. The van der Waals surface area contributed by atoms with Gasteiger partial charge in [-0.15, -0.1) is 0 Å². The van der Waals surface area contributed by atoms with Crippen molar-refractivity contribution in [3.8, 4) is 23.0 Å². The molecule has 1 fully saturated rings. The summed E-state index contributed by atoms with van der Waals surface area (Å²) in [7, 11) is 1.95. The number of fused-ring (bicyclic) bond motifs is 1. The molecule has 46 heavy (non-hydrogen) atoms. The minimum atomic E-state index is -0.201. The van der Waals surface area contributed by atoms with Crippen molar-refractivity contribution in [1.82, 2.24) is 19.7 Å². The maximum atomic E-state index is 12.3. The van der Waals surface area contributed by atoms with Gasteiger partial charge in [0, 0.05) is 43.3 Å². The van der Waals surface area contributed by atoms with Gasteiger partial charge in [0.05, 0.1) is 17.7 Å². The second-order valence-electron chi connectivity index (χ2n) is 11.6. The van der Waals surface area contributed by atoms with Crippen LogP contribution in [-0.2, 0) is 25.0 Å². The number of amides is 1. The molecule has 2 aromatic heterocycles. The average molecular weight is 620 g/mol. The molecule has 0 atom stereocenters. The number of carbonyl (C=O) groups excluding carboxylic acids is 1. The molecule has 0 bridgehead atoms. The normalized spacial score (nSPS) is 13.5. The number of carbonyl (C=O) groups is 1. The second kappa shape index (κ2) is 14.8. The van der Waals surface area contributed by atoms with E-state index in [2.05, 4.69) is 30.4 Å². The van der Waals surface area contributed by atoms with Crippen molar-refractivity contribution in [2.45, 2.75) is 51.9 Å². The van der Waals surface area contributed by atoms with E-state index in [1.54, 1.807) is 0 Å². The van der Waals surface area contributed by atoms with Crippen LogP contribution in [0.3, 0.4) is 0 Å². The smallest absolute Gasteiger partial charge is 0.409 e. The van der Waals surface area contributed by atoms with Crippen molar-refractivity contribution >= 4 is 22.7 Å². The number of rotatable bonds is 12. The average Bonchev–Trinajstić information content (AvgIpc) is 3.42. The Balaban J connectivity index is 1.19. The summed E-state index contributed by atoms with van der Waals surface area (Å²) in [6, 6.07) is 30.5. The third-order valence-corrected chi connectivity index (χ3v) is 8.24. The minimum Gasteiger partial charge on any atom is -0.473 e. The maximum Gasteiger partial charge on any atom is 0.409 e. The van der Waals surface area contributed by atoms with Crippen LogP contribution in [-0.4, -0.2) is 51.5 Å². The topological polar surface area (TPSA) is 90.7 Å². The summed E-state index contributed by atoms with van der Waals surface area (Å²) in [6.07, 6.45) is 3.44. The number of aromatic nitrogens is 3. The molecule has 1 N–H and O–H groups in total. The van der Waals surface area contributed by atoms with E-state index in [4.69, 9.17) is 24.3 Å². The van der Waals surface area contributed by atoms with E-state index in [0.29, 0.717) is 44.7 Å². The lowest BCUT2D eigenvalue weighted by Gasteiger charge is -2.32. The van der Waals surface area contributed by atoms with E-state index in [-0.39, 0.29) is 12.1 Å². The number of hydrogen-bond donors (Lipinski definition) is 1. The van der Waals surface area contributed by atoms with Crippen molar-refractivity contribution < 1.29 is 19.0 Å². The predicted molar refractivity (Wildman–Crippen MR) is 180 cm³/mol. The molecule has 0 saturated carbocycles. The van der Waals surface area contributed by atoms with Crippen LogP contribution in [0.15, 0.2) is 91.0 Å². The van der Waals surface area contributed by atoms with Gasteiger partial charge < -0.3 is 24.4 Å². The van der Waals surface area contributed by atoms with Gasteiger partial charge in [0.15, 0.2) is 0 Å². The van der Waals surface area contributed by atoms with E-state index in [1.807, 2.05) is 89.4 Å². The van der Waals surface area contributed by atoms with Gasteiger partial charge in [-0.2, -0.15) is 10.1 Å². The van der Waals surface area contributed by atoms with E-state index in [0.717, 1.165) is 64.7 Å². The summed E-state index contributed by atoms with van der Waals surface area (Å²) in [5.74, 6) is 0.958. The fourth-order valence-corrected chi connectivity index (χ4v) is 5.63. The van der Waals surface area contributed by atoms with Crippen molar-refractivity contribution in [3.63, 3.8) is 0 Å². The van der Waals surface area contributed by atoms with Crippen LogP contribution in [0.25, 0.3) is 22.2 Å². The van der Waals surface area contributed by atoms with Crippen LogP contribution in [0.1, 0.15) is 43.7 Å². The Labute approximate surface area is 270 Å². The fraction of sp³-hybridized carbons (Fsp3) is 0.324. The molecule has 9 heteroatoms. The van der Waals surface area contributed by atoms with Crippen LogP contribution in [0, 0.1) is 0 Å². The number of anilines is 1. The highest BCUT2D eigenvalue weighted by atomic mass is 16.6. The third kappa shape index (κ3) is 7.59. The Morgan fingerprint density at radius 1 is 0.891 bits per heavy atom. The highest BCUT2D eigenvalue weighted by Crippen LogP contribution is 2.36. The lowest BCUT2D eigenvalue weighted by Crippen LogP contribution is -2.42. The number of ether oxygens (including phenoxy) is 3. The summed E-state index contributed by atoms with van der Waals surface area (Å²) in [6.45, 7) is 4.73. The molecule has 9 nitrogen and oxygen atoms in total. The monoisotopic (exact) mass is 619 g/mol. The number of nitrogens with zero attached hydrogens (tertiary/aromatic N) is 4. The van der Waals surface area contributed by atoms with Crippen molar-refractivity contribution in [3.05, 3.63) is 102 Å². The largest absolute Gasteiger partial charge is 0.473 e. The molecule has 5 aromatic rings. The maximum absolute atomic E-state index is 12.3. The second-order valence-corrected chi connectivity index (χ2v) is 11.6. The number of nitrogens with one attached hydrogen (secondary N) is 1.